The predicted molar refractivity (Wildman–Crippen MR) is 81.2 cm³/mol. The number of carboxylic acid groups (broad SMARTS) is 1. The van der Waals surface area contributed by atoms with Crippen LogP contribution >= 0.6 is 0 Å². The number of aliphatic carboxylic acids is 1. The van der Waals surface area contributed by atoms with Gasteiger partial charge >= 0.3 is 5.97 Å². The average Bonchev–Trinajstić information content (AvgIpc) is 2.48. The number of amides is 1. The van der Waals surface area contributed by atoms with Crippen LogP contribution in [0.25, 0.3) is 0 Å². The first-order valence-electron chi connectivity index (χ1n) is 7.57. The topological polar surface area (TPSA) is 66.4 Å². The smallest absolute Gasteiger partial charge is 0.325 e. The number of aryl methyl sites for hydroxylation is 1. The van der Waals surface area contributed by atoms with Gasteiger partial charge in [-0.25, -0.2) is 0 Å². The molecule has 1 aromatic carbocycles. The summed E-state index contributed by atoms with van der Waals surface area (Å²) in [7, 11) is 0. The van der Waals surface area contributed by atoms with Gasteiger partial charge < -0.3 is 10.4 Å². The summed E-state index contributed by atoms with van der Waals surface area (Å²) in [6.07, 6.45) is 4.72. The van der Waals surface area contributed by atoms with Crippen LogP contribution in [0.3, 0.4) is 0 Å². The second kappa shape index (κ2) is 6.29. The van der Waals surface area contributed by atoms with Gasteiger partial charge in [-0.1, -0.05) is 43.5 Å². The van der Waals surface area contributed by atoms with E-state index >= 15 is 0 Å². The zero-order valence-electron chi connectivity index (χ0n) is 12.7. The number of nitrogens with one attached hydrogen (secondary N) is 1. The highest BCUT2D eigenvalue weighted by Crippen LogP contribution is 2.41. The van der Waals surface area contributed by atoms with Crippen LogP contribution in [0, 0.1) is 6.92 Å². The third kappa shape index (κ3) is 3.09. The highest BCUT2D eigenvalue weighted by Gasteiger charge is 2.42. The molecule has 0 aromatic heterocycles. The van der Waals surface area contributed by atoms with Crippen molar-refractivity contribution in [3.63, 3.8) is 0 Å². The molecule has 0 spiro atoms. The first kappa shape index (κ1) is 15.5. The van der Waals surface area contributed by atoms with Crippen molar-refractivity contribution in [3.8, 4) is 0 Å². The Labute approximate surface area is 125 Å². The Morgan fingerprint density at radius 1 is 1.19 bits per heavy atom. The summed E-state index contributed by atoms with van der Waals surface area (Å²) in [5.74, 6) is -1.15. The number of rotatable bonds is 4. The van der Waals surface area contributed by atoms with E-state index in [1.54, 1.807) is 0 Å². The quantitative estimate of drug-likeness (QED) is 0.895. The summed E-state index contributed by atoms with van der Waals surface area (Å²) in [6.45, 7) is 3.52. The van der Waals surface area contributed by atoms with Crippen LogP contribution in [0.4, 0.5) is 0 Å². The van der Waals surface area contributed by atoms with Gasteiger partial charge in [0.05, 0.1) is 5.41 Å². The van der Waals surface area contributed by atoms with Crippen LogP contribution in [0.1, 0.15) is 50.2 Å². The molecule has 0 heterocycles. The minimum atomic E-state index is -1.00. The van der Waals surface area contributed by atoms with Crippen LogP contribution in [0.2, 0.25) is 0 Å². The lowest BCUT2D eigenvalue weighted by molar-refractivity contribution is -0.142. The molecule has 2 rings (SSSR count). The van der Waals surface area contributed by atoms with E-state index in [0.29, 0.717) is 0 Å². The number of carbonyl (C=O) groups excluding carboxylic acids is 1. The number of carbonyl (C=O) groups is 2. The standard InChI is InChI=1S/C17H23NO3/c1-12-8-4-5-9-14(12)17(10-6-3-7-11-17)16(21)18-13(2)15(19)20/h4-5,8-9,13H,3,6-7,10-11H2,1-2H3,(H,18,21)(H,19,20)/t13-/m0/s1. The van der Waals surface area contributed by atoms with Gasteiger partial charge in [-0.2, -0.15) is 0 Å². The highest BCUT2D eigenvalue weighted by atomic mass is 16.4. The molecular weight excluding hydrogens is 266 g/mol. The number of hydrogen-bond donors (Lipinski definition) is 2. The van der Waals surface area contributed by atoms with E-state index in [0.717, 1.165) is 43.2 Å². The molecule has 1 aliphatic rings. The zero-order valence-corrected chi connectivity index (χ0v) is 12.7. The van der Waals surface area contributed by atoms with E-state index < -0.39 is 17.4 Å². The maximum Gasteiger partial charge on any atom is 0.325 e. The van der Waals surface area contributed by atoms with E-state index in [9.17, 15) is 9.59 Å². The van der Waals surface area contributed by atoms with Crippen molar-refractivity contribution in [1.82, 2.24) is 5.32 Å². The van der Waals surface area contributed by atoms with E-state index in [4.69, 9.17) is 5.11 Å². The van der Waals surface area contributed by atoms with Crippen LogP contribution in [-0.4, -0.2) is 23.0 Å². The Kier molecular flexibility index (Phi) is 4.66. The molecule has 1 saturated carbocycles. The second-order valence-electron chi connectivity index (χ2n) is 5.99. The normalized spacial score (nSPS) is 18.8. The molecule has 1 atom stereocenters. The molecular formula is C17H23NO3. The number of carboxylic acids is 1. The van der Waals surface area contributed by atoms with Crippen molar-refractivity contribution in [3.05, 3.63) is 35.4 Å². The first-order chi connectivity index (χ1) is 9.97. The van der Waals surface area contributed by atoms with Crippen molar-refractivity contribution in [2.75, 3.05) is 0 Å². The molecule has 21 heavy (non-hydrogen) atoms. The summed E-state index contributed by atoms with van der Waals surface area (Å²) in [5.41, 5.74) is 1.56. The minimum Gasteiger partial charge on any atom is -0.480 e. The number of benzene rings is 1. The highest BCUT2D eigenvalue weighted by molar-refractivity contribution is 5.91. The van der Waals surface area contributed by atoms with Crippen molar-refractivity contribution < 1.29 is 14.7 Å². The Hall–Kier alpha value is -1.84. The average molecular weight is 289 g/mol. The molecule has 1 aromatic rings. The molecule has 0 aliphatic heterocycles. The summed E-state index contributed by atoms with van der Waals surface area (Å²) >= 11 is 0. The number of hydrogen-bond acceptors (Lipinski definition) is 2. The fourth-order valence-corrected chi connectivity index (χ4v) is 3.28. The molecule has 0 saturated heterocycles. The lowest BCUT2D eigenvalue weighted by Gasteiger charge is -2.37. The Balaban J connectivity index is 2.36. The van der Waals surface area contributed by atoms with Gasteiger partial charge in [0.25, 0.3) is 0 Å². The van der Waals surface area contributed by atoms with Crippen molar-refractivity contribution in [2.24, 2.45) is 0 Å². The molecule has 4 nitrogen and oxygen atoms in total. The fraction of sp³-hybridized carbons (Fsp3) is 0.529. The molecule has 114 valence electrons. The third-order valence-corrected chi connectivity index (χ3v) is 4.52. The summed E-state index contributed by atoms with van der Waals surface area (Å²) in [6, 6.07) is 7.07. The van der Waals surface area contributed by atoms with E-state index in [1.807, 2.05) is 31.2 Å². The van der Waals surface area contributed by atoms with Crippen LogP contribution in [-0.2, 0) is 15.0 Å². The SMILES string of the molecule is Cc1ccccc1C1(C(=O)N[C@@H](C)C(=O)O)CCCCC1. The molecule has 2 N–H and O–H groups in total. The van der Waals surface area contributed by atoms with E-state index in [1.165, 1.54) is 6.92 Å². The van der Waals surface area contributed by atoms with Gasteiger partial charge in [0.2, 0.25) is 5.91 Å². The fourth-order valence-electron chi connectivity index (χ4n) is 3.28. The van der Waals surface area contributed by atoms with Gasteiger partial charge in [0, 0.05) is 0 Å². The maximum atomic E-state index is 12.8. The van der Waals surface area contributed by atoms with Crippen LogP contribution < -0.4 is 5.32 Å². The van der Waals surface area contributed by atoms with E-state index in [-0.39, 0.29) is 5.91 Å². The summed E-state index contributed by atoms with van der Waals surface area (Å²) in [5, 5.41) is 11.7. The molecule has 0 bridgehead atoms. The molecule has 4 heteroatoms. The Morgan fingerprint density at radius 2 is 1.81 bits per heavy atom. The Morgan fingerprint density at radius 3 is 2.38 bits per heavy atom. The Bertz CT molecular complexity index is 533. The van der Waals surface area contributed by atoms with Gasteiger partial charge in [0.15, 0.2) is 0 Å². The van der Waals surface area contributed by atoms with Crippen LogP contribution in [0.15, 0.2) is 24.3 Å². The molecule has 1 aliphatic carbocycles. The minimum absolute atomic E-state index is 0.147. The van der Waals surface area contributed by atoms with Gasteiger partial charge in [-0.05, 0) is 37.8 Å². The molecule has 1 amide bonds. The molecule has 1 fully saturated rings. The van der Waals surface area contributed by atoms with Gasteiger partial charge in [-0.3, -0.25) is 9.59 Å². The summed E-state index contributed by atoms with van der Waals surface area (Å²) < 4.78 is 0. The van der Waals surface area contributed by atoms with Crippen molar-refractivity contribution >= 4 is 11.9 Å². The largest absolute Gasteiger partial charge is 0.480 e. The summed E-state index contributed by atoms with van der Waals surface area (Å²) in [4.78, 5) is 23.8. The molecule has 0 radical (unpaired) electrons. The second-order valence-corrected chi connectivity index (χ2v) is 5.99. The third-order valence-electron chi connectivity index (χ3n) is 4.52. The van der Waals surface area contributed by atoms with Gasteiger partial charge in [-0.15, -0.1) is 0 Å². The zero-order chi connectivity index (χ0) is 15.5. The first-order valence-corrected chi connectivity index (χ1v) is 7.57. The van der Waals surface area contributed by atoms with Crippen LogP contribution in [0.5, 0.6) is 0 Å². The molecule has 0 unspecified atom stereocenters. The van der Waals surface area contributed by atoms with Gasteiger partial charge in [0.1, 0.15) is 6.04 Å². The monoisotopic (exact) mass is 289 g/mol. The van der Waals surface area contributed by atoms with E-state index in [2.05, 4.69) is 5.32 Å². The maximum absolute atomic E-state index is 12.8. The lowest BCUT2D eigenvalue weighted by Crippen LogP contribution is -2.50. The lowest BCUT2D eigenvalue weighted by atomic mass is 9.67. The predicted octanol–water partition coefficient (Wildman–Crippen LogP) is 2.79. The van der Waals surface area contributed by atoms with Crippen molar-refractivity contribution in [1.29, 1.82) is 0 Å². The van der Waals surface area contributed by atoms with Crippen molar-refractivity contribution in [2.45, 2.75) is 57.4 Å².